The first-order chi connectivity index (χ1) is 14.4. The maximum atomic E-state index is 12.6. The zero-order chi connectivity index (χ0) is 22.1. The molecule has 0 aliphatic rings. The van der Waals surface area contributed by atoms with Crippen LogP contribution in [0.25, 0.3) is 5.69 Å². The van der Waals surface area contributed by atoms with Crippen LogP contribution in [0.15, 0.2) is 30.3 Å². The molecule has 2 aromatic rings. The molecule has 0 radical (unpaired) electrons. The molecule has 6 nitrogen and oxygen atoms in total. The van der Waals surface area contributed by atoms with Gasteiger partial charge in [-0.15, -0.1) is 0 Å². The van der Waals surface area contributed by atoms with E-state index in [1.165, 1.54) is 0 Å². The Morgan fingerprint density at radius 2 is 1.70 bits per heavy atom. The van der Waals surface area contributed by atoms with Gasteiger partial charge in [0.25, 0.3) is 5.91 Å². The van der Waals surface area contributed by atoms with Crippen molar-refractivity contribution >= 4 is 11.9 Å². The molecule has 164 valence electrons. The summed E-state index contributed by atoms with van der Waals surface area (Å²) >= 11 is 0. The van der Waals surface area contributed by atoms with Gasteiger partial charge in [-0.3, -0.25) is 4.79 Å². The van der Waals surface area contributed by atoms with Crippen LogP contribution in [-0.4, -0.2) is 34.3 Å². The van der Waals surface area contributed by atoms with Crippen molar-refractivity contribution in [2.75, 3.05) is 6.61 Å². The molecule has 0 saturated carbocycles. The molecule has 0 aliphatic heterocycles. The monoisotopic (exact) mass is 413 g/mol. The fraction of sp³-hybridized carbons (Fsp3) is 0.542. The summed E-state index contributed by atoms with van der Waals surface area (Å²) in [4.78, 5) is 24.8. The van der Waals surface area contributed by atoms with Crippen LogP contribution in [0.1, 0.15) is 99.2 Å². The highest BCUT2D eigenvalue weighted by molar-refractivity contribution is 5.94. The van der Waals surface area contributed by atoms with Crippen molar-refractivity contribution in [2.45, 2.75) is 78.7 Å². The molecular formula is C24H35N3O3. The Kier molecular flexibility index (Phi) is 9.09. The number of aromatic nitrogens is 2. The van der Waals surface area contributed by atoms with Crippen LogP contribution < -0.4 is 5.32 Å². The topological polar surface area (TPSA) is 73.2 Å². The number of nitrogens with one attached hydrogen (secondary N) is 1. The highest BCUT2D eigenvalue weighted by Gasteiger charge is 2.20. The van der Waals surface area contributed by atoms with E-state index in [4.69, 9.17) is 4.74 Å². The number of carbonyl (C=O) groups is 2. The maximum absolute atomic E-state index is 12.6. The first kappa shape index (κ1) is 23.6. The predicted octanol–water partition coefficient (Wildman–Crippen LogP) is 5.26. The quantitative estimate of drug-likeness (QED) is 0.510. The van der Waals surface area contributed by atoms with Crippen molar-refractivity contribution in [3.63, 3.8) is 0 Å². The van der Waals surface area contributed by atoms with Gasteiger partial charge in [0.2, 0.25) is 0 Å². The predicted molar refractivity (Wildman–Crippen MR) is 119 cm³/mol. The van der Waals surface area contributed by atoms with E-state index in [9.17, 15) is 9.59 Å². The lowest BCUT2D eigenvalue weighted by atomic mass is 10.0. The van der Waals surface area contributed by atoms with Crippen molar-refractivity contribution in [1.29, 1.82) is 0 Å². The van der Waals surface area contributed by atoms with E-state index in [-0.39, 0.29) is 17.9 Å². The van der Waals surface area contributed by atoms with Gasteiger partial charge >= 0.3 is 5.97 Å². The number of nitrogens with zero attached hydrogens (tertiary/aromatic N) is 2. The van der Waals surface area contributed by atoms with Gasteiger partial charge in [-0.05, 0) is 62.4 Å². The van der Waals surface area contributed by atoms with Crippen molar-refractivity contribution in [1.82, 2.24) is 15.1 Å². The van der Waals surface area contributed by atoms with Gasteiger partial charge in [0, 0.05) is 17.3 Å². The number of benzene rings is 1. The van der Waals surface area contributed by atoms with Gasteiger partial charge in [-0.1, -0.05) is 40.5 Å². The lowest BCUT2D eigenvalue weighted by Gasteiger charge is -2.17. The highest BCUT2D eigenvalue weighted by Crippen LogP contribution is 2.24. The molecule has 30 heavy (non-hydrogen) atoms. The standard InChI is InChI=1S/C24H35N3O3/c1-6-10-19(11-7-2)25-23(28)18-12-14-20(15-13-18)27-22(17(5)8-3)16-21(26-27)24(29)30-9-4/h12-17,19H,6-11H2,1-5H3,(H,25,28)/t17-/m0/s1. The van der Waals surface area contributed by atoms with Crippen LogP contribution in [0.3, 0.4) is 0 Å². The zero-order valence-electron chi connectivity index (χ0n) is 18.9. The lowest BCUT2D eigenvalue weighted by molar-refractivity contribution is 0.0518. The molecule has 6 heteroatoms. The van der Waals surface area contributed by atoms with E-state index in [2.05, 4.69) is 38.1 Å². The first-order valence-electron chi connectivity index (χ1n) is 11.1. The minimum atomic E-state index is -0.422. The summed E-state index contributed by atoms with van der Waals surface area (Å²) in [6.07, 6.45) is 4.99. The van der Waals surface area contributed by atoms with Gasteiger partial charge in [-0.25, -0.2) is 9.48 Å². The third-order valence-electron chi connectivity index (χ3n) is 5.32. The van der Waals surface area contributed by atoms with Crippen molar-refractivity contribution in [3.05, 3.63) is 47.3 Å². The van der Waals surface area contributed by atoms with Crippen LogP contribution in [-0.2, 0) is 4.74 Å². The molecule has 1 heterocycles. The van der Waals surface area contributed by atoms with E-state index >= 15 is 0 Å². The summed E-state index contributed by atoms with van der Waals surface area (Å²) in [5.41, 5.74) is 2.69. The molecule has 2 rings (SSSR count). The Bertz CT molecular complexity index is 821. The van der Waals surface area contributed by atoms with Crippen LogP contribution in [0.5, 0.6) is 0 Å². The Balaban J connectivity index is 2.26. The Labute approximate surface area is 180 Å². The summed E-state index contributed by atoms with van der Waals surface area (Å²) < 4.78 is 6.88. The highest BCUT2D eigenvalue weighted by atomic mass is 16.5. The molecule has 1 atom stereocenters. The second kappa shape index (κ2) is 11.5. The van der Waals surface area contributed by atoms with E-state index in [0.29, 0.717) is 17.9 Å². The molecule has 1 amide bonds. The minimum absolute atomic E-state index is 0.0525. The lowest BCUT2D eigenvalue weighted by Crippen LogP contribution is -2.34. The van der Waals surface area contributed by atoms with Crippen LogP contribution in [0, 0.1) is 0 Å². The molecule has 1 aromatic carbocycles. The van der Waals surface area contributed by atoms with Gasteiger partial charge in [-0.2, -0.15) is 5.10 Å². The van der Waals surface area contributed by atoms with Crippen molar-refractivity contribution < 1.29 is 14.3 Å². The number of carbonyl (C=O) groups excluding carboxylic acids is 2. The average Bonchev–Trinajstić information content (AvgIpc) is 3.19. The van der Waals surface area contributed by atoms with Crippen LogP contribution in [0.4, 0.5) is 0 Å². The molecule has 0 aliphatic carbocycles. The molecule has 1 aromatic heterocycles. The fourth-order valence-electron chi connectivity index (χ4n) is 3.48. The minimum Gasteiger partial charge on any atom is -0.461 e. The number of ether oxygens (including phenoxy) is 1. The summed E-state index contributed by atoms with van der Waals surface area (Å²) in [6.45, 7) is 10.6. The SMILES string of the molecule is CCCC(CCC)NC(=O)c1ccc(-n2nc(C(=O)OCC)cc2[C@@H](C)CC)cc1. The number of hydrogen-bond acceptors (Lipinski definition) is 4. The largest absolute Gasteiger partial charge is 0.461 e. The van der Waals surface area contributed by atoms with Crippen molar-refractivity contribution in [2.24, 2.45) is 0 Å². The number of esters is 1. The number of rotatable bonds is 11. The maximum Gasteiger partial charge on any atom is 0.358 e. The third kappa shape index (κ3) is 5.94. The third-order valence-corrected chi connectivity index (χ3v) is 5.32. The summed E-state index contributed by atoms with van der Waals surface area (Å²) in [5, 5.41) is 7.62. The zero-order valence-corrected chi connectivity index (χ0v) is 18.9. The molecule has 1 N–H and O–H groups in total. The Morgan fingerprint density at radius 1 is 1.07 bits per heavy atom. The second-order valence-corrected chi connectivity index (χ2v) is 7.69. The van der Waals surface area contributed by atoms with Gasteiger partial charge in [0.15, 0.2) is 5.69 Å². The smallest absolute Gasteiger partial charge is 0.358 e. The van der Waals surface area contributed by atoms with E-state index in [0.717, 1.165) is 43.5 Å². The molecule has 0 unspecified atom stereocenters. The first-order valence-corrected chi connectivity index (χ1v) is 11.1. The van der Waals surface area contributed by atoms with E-state index in [1.807, 2.05) is 24.3 Å². The summed E-state index contributed by atoms with van der Waals surface area (Å²) in [7, 11) is 0. The fourth-order valence-corrected chi connectivity index (χ4v) is 3.48. The van der Waals surface area contributed by atoms with Crippen molar-refractivity contribution in [3.8, 4) is 5.69 Å². The van der Waals surface area contributed by atoms with Crippen LogP contribution >= 0.6 is 0 Å². The molecule has 0 fully saturated rings. The normalized spacial score (nSPS) is 12.1. The van der Waals surface area contributed by atoms with Gasteiger partial charge < -0.3 is 10.1 Å². The van der Waals surface area contributed by atoms with E-state index in [1.54, 1.807) is 17.7 Å². The number of amides is 1. The molecule has 0 spiro atoms. The van der Waals surface area contributed by atoms with E-state index < -0.39 is 5.97 Å². The summed E-state index contributed by atoms with van der Waals surface area (Å²) in [6, 6.07) is 9.38. The molecular weight excluding hydrogens is 378 g/mol. The van der Waals surface area contributed by atoms with Gasteiger partial charge in [0.1, 0.15) is 0 Å². The van der Waals surface area contributed by atoms with Gasteiger partial charge in [0.05, 0.1) is 12.3 Å². The molecule has 0 bridgehead atoms. The average molecular weight is 414 g/mol. The second-order valence-electron chi connectivity index (χ2n) is 7.69. The number of hydrogen-bond donors (Lipinski definition) is 1. The van der Waals surface area contributed by atoms with Crippen LogP contribution in [0.2, 0.25) is 0 Å². The molecule has 0 saturated heterocycles. The summed E-state index contributed by atoms with van der Waals surface area (Å²) in [5.74, 6) is -0.245. The Morgan fingerprint density at radius 3 is 2.23 bits per heavy atom. The Hall–Kier alpha value is -2.63.